The first-order valence-corrected chi connectivity index (χ1v) is 11.7. The Kier molecular flexibility index (Phi) is 8.19. The zero-order chi connectivity index (χ0) is 25.8. The minimum atomic E-state index is -1.12. The van der Waals surface area contributed by atoms with Crippen LogP contribution in [0.15, 0.2) is 54.6 Å². The van der Waals surface area contributed by atoms with E-state index in [2.05, 4.69) is 10.4 Å². The van der Waals surface area contributed by atoms with Gasteiger partial charge in [0.2, 0.25) is 5.88 Å². The van der Waals surface area contributed by atoms with Gasteiger partial charge in [-0.25, -0.2) is 0 Å². The van der Waals surface area contributed by atoms with Crippen LogP contribution < -0.4 is 10.1 Å². The molecule has 3 N–H and O–H groups in total. The van der Waals surface area contributed by atoms with Crippen LogP contribution in [0, 0.1) is 12.8 Å². The lowest BCUT2D eigenvalue weighted by molar-refractivity contribution is -0.137. The topological polar surface area (TPSA) is 114 Å². The lowest BCUT2D eigenvalue weighted by Crippen LogP contribution is -2.38. The maximum Gasteiger partial charge on any atom is 0.305 e. The number of nitrogens with zero attached hydrogens (tertiary/aromatic N) is 2. The highest BCUT2D eigenvalue weighted by atomic mass is 35.5. The van der Waals surface area contributed by atoms with Crippen molar-refractivity contribution in [3.05, 3.63) is 76.4 Å². The Morgan fingerprint density at radius 3 is 2.46 bits per heavy atom. The minimum Gasteiger partial charge on any atom is -0.481 e. The molecule has 2 atom stereocenters. The van der Waals surface area contributed by atoms with Crippen molar-refractivity contribution in [2.75, 3.05) is 6.61 Å². The first kappa shape index (κ1) is 26.2. The number of aliphatic carboxylic acids is 1. The summed E-state index contributed by atoms with van der Waals surface area (Å²) in [6, 6.07) is 14.9. The zero-order valence-corrected chi connectivity index (χ0v) is 20.9. The van der Waals surface area contributed by atoms with Crippen molar-refractivity contribution in [2.45, 2.75) is 45.8 Å². The van der Waals surface area contributed by atoms with Crippen molar-refractivity contribution in [2.24, 2.45) is 5.92 Å². The first-order valence-electron chi connectivity index (χ1n) is 11.3. The van der Waals surface area contributed by atoms with E-state index in [1.54, 1.807) is 43.3 Å². The Morgan fingerprint density at radius 2 is 1.83 bits per heavy atom. The van der Waals surface area contributed by atoms with Gasteiger partial charge in [0, 0.05) is 6.07 Å². The van der Waals surface area contributed by atoms with Crippen molar-refractivity contribution >= 4 is 23.5 Å². The molecule has 1 amide bonds. The van der Waals surface area contributed by atoms with E-state index in [0.717, 1.165) is 5.56 Å². The fraction of sp³-hybridized carbons (Fsp3) is 0.346. The van der Waals surface area contributed by atoms with Crippen LogP contribution >= 0.6 is 11.6 Å². The number of aryl methyl sites for hydroxylation is 1. The van der Waals surface area contributed by atoms with E-state index in [4.69, 9.17) is 16.3 Å². The molecule has 3 aromatic rings. The summed E-state index contributed by atoms with van der Waals surface area (Å²) in [6.45, 7) is 7.24. The molecule has 0 fully saturated rings. The van der Waals surface area contributed by atoms with Gasteiger partial charge in [0.05, 0.1) is 28.8 Å². The van der Waals surface area contributed by atoms with E-state index in [1.165, 1.54) is 10.7 Å². The Bertz CT molecular complexity index is 1210. The fourth-order valence-electron chi connectivity index (χ4n) is 3.38. The molecule has 3 rings (SSSR count). The molecule has 0 bridgehead atoms. The molecule has 0 unspecified atom stereocenters. The number of carbonyl (C=O) groups is 2. The second-order valence-electron chi connectivity index (χ2n) is 9.01. The van der Waals surface area contributed by atoms with Crippen LogP contribution in [0.2, 0.25) is 5.02 Å². The number of para-hydroxylation sites is 1. The van der Waals surface area contributed by atoms with E-state index in [0.29, 0.717) is 16.3 Å². The summed E-state index contributed by atoms with van der Waals surface area (Å²) >= 11 is 6.37. The second kappa shape index (κ2) is 10.9. The smallest absolute Gasteiger partial charge is 0.305 e. The van der Waals surface area contributed by atoms with Gasteiger partial charge in [0.1, 0.15) is 6.61 Å². The third-order valence-corrected chi connectivity index (χ3v) is 6.31. The van der Waals surface area contributed by atoms with Gasteiger partial charge in [-0.05, 0) is 43.0 Å². The molecule has 0 saturated carbocycles. The average molecular weight is 500 g/mol. The Morgan fingerprint density at radius 1 is 1.17 bits per heavy atom. The molecule has 0 aliphatic heterocycles. The normalized spacial score (nSPS) is 13.8. The molecule has 0 aliphatic rings. The summed E-state index contributed by atoms with van der Waals surface area (Å²) in [7, 11) is 0. The molecule has 8 nitrogen and oxygen atoms in total. The highest BCUT2D eigenvalue weighted by Crippen LogP contribution is 2.28. The van der Waals surface area contributed by atoms with Crippen LogP contribution in [0.5, 0.6) is 5.88 Å². The molecule has 0 radical (unpaired) electrons. The number of rotatable bonds is 10. The summed E-state index contributed by atoms with van der Waals surface area (Å²) in [5.74, 6) is -1.46. The molecule has 0 spiro atoms. The molecule has 186 valence electrons. The summed E-state index contributed by atoms with van der Waals surface area (Å²) in [5.41, 5.74) is 0.968. The van der Waals surface area contributed by atoms with E-state index < -0.39 is 23.5 Å². The third kappa shape index (κ3) is 6.41. The van der Waals surface area contributed by atoms with Crippen LogP contribution in [-0.4, -0.2) is 44.1 Å². The maximum absolute atomic E-state index is 13.2. The number of nitrogens with one attached hydrogen (secondary N) is 1. The number of aromatic nitrogens is 2. The third-order valence-electron chi connectivity index (χ3n) is 5.99. The number of hydrogen-bond acceptors (Lipinski definition) is 5. The van der Waals surface area contributed by atoms with Gasteiger partial charge in [-0.2, -0.15) is 9.78 Å². The number of carboxylic acid groups (broad SMARTS) is 1. The SMILES string of the molecule is Cc1ccccc1[C@H](CC(=O)O)NC(=O)c1cc(OC[C@](C)(O)C(C)C)n(-c2ccccc2Cl)n1. The Balaban J connectivity index is 1.96. The zero-order valence-electron chi connectivity index (χ0n) is 20.2. The lowest BCUT2D eigenvalue weighted by Gasteiger charge is -2.27. The molecule has 1 heterocycles. The van der Waals surface area contributed by atoms with E-state index in [9.17, 15) is 19.8 Å². The number of carbonyl (C=O) groups excluding carboxylic acids is 1. The van der Waals surface area contributed by atoms with E-state index in [1.807, 2.05) is 32.9 Å². The minimum absolute atomic E-state index is 0.0214. The number of halogens is 1. The van der Waals surface area contributed by atoms with Gasteiger partial charge in [-0.3, -0.25) is 9.59 Å². The van der Waals surface area contributed by atoms with Gasteiger partial charge in [-0.15, -0.1) is 0 Å². The number of aliphatic hydroxyl groups is 1. The highest BCUT2D eigenvalue weighted by Gasteiger charge is 2.28. The predicted molar refractivity (Wildman–Crippen MR) is 133 cm³/mol. The fourth-order valence-corrected chi connectivity index (χ4v) is 3.60. The number of carboxylic acids is 1. The van der Waals surface area contributed by atoms with Crippen LogP contribution in [-0.2, 0) is 4.79 Å². The molecule has 9 heteroatoms. The number of hydrogen-bond donors (Lipinski definition) is 3. The van der Waals surface area contributed by atoms with Gasteiger partial charge < -0.3 is 20.3 Å². The van der Waals surface area contributed by atoms with E-state index in [-0.39, 0.29) is 30.5 Å². The van der Waals surface area contributed by atoms with Gasteiger partial charge in [0.15, 0.2) is 5.69 Å². The van der Waals surface area contributed by atoms with Crippen LogP contribution in [0.3, 0.4) is 0 Å². The second-order valence-corrected chi connectivity index (χ2v) is 9.42. The molecule has 2 aromatic carbocycles. The molecular weight excluding hydrogens is 470 g/mol. The Labute approximate surface area is 209 Å². The van der Waals surface area contributed by atoms with Crippen molar-refractivity contribution in [3.63, 3.8) is 0 Å². The maximum atomic E-state index is 13.2. The summed E-state index contributed by atoms with van der Waals surface area (Å²) < 4.78 is 7.29. The van der Waals surface area contributed by atoms with Gasteiger partial charge >= 0.3 is 5.97 Å². The predicted octanol–water partition coefficient (Wildman–Crippen LogP) is 4.57. The van der Waals surface area contributed by atoms with Crippen molar-refractivity contribution < 1.29 is 24.5 Å². The molecule has 0 aliphatic carbocycles. The summed E-state index contributed by atoms with van der Waals surface area (Å²) in [5, 5.41) is 27.6. The molecule has 1 aromatic heterocycles. The molecule has 0 saturated heterocycles. The largest absolute Gasteiger partial charge is 0.481 e. The van der Waals surface area contributed by atoms with Crippen molar-refractivity contribution in [3.8, 4) is 11.6 Å². The first-order chi connectivity index (χ1) is 16.5. The molecule has 35 heavy (non-hydrogen) atoms. The van der Waals surface area contributed by atoms with E-state index >= 15 is 0 Å². The van der Waals surface area contributed by atoms with Gasteiger partial charge in [0.25, 0.3) is 5.91 Å². The van der Waals surface area contributed by atoms with Crippen LogP contribution in [0.25, 0.3) is 5.69 Å². The standard InChI is InChI=1S/C26H30ClN3O5/c1-16(2)26(4,34)15-35-23-13-21(29-30(23)22-12-8-7-11-19(22)27)25(33)28-20(14-24(31)32)18-10-6-5-9-17(18)3/h5-13,16,20,34H,14-15H2,1-4H3,(H,28,33)(H,31,32)/t20-,26-/m0/s1. The number of ether oxygens (including phenoxy) is 1. The molecular formula is C26H30ClN3O5. The summed E-state index contributed by atoms with van der Waals surface area (Å²) in [4.78, 5) is 24.7. The summed E-state index contributed by atoms with van der Waals surface area (Å²) in [6.07, 6.45) is -0.289. The van der Waals surface area contributed by atoms with Crippen LogP contribution in [0.1, 0.15) is 54.8 Å². The number of amides is 1. The average Bonchev–Trinajstić information content (AvgIpc) is 3.22. The lowest BCUT2D eigenvalue weighted by atomic mass is 9.94. The van der Waals surface area contributed by atoms with Crippen molar-refractivity contribution in [1.29, 1.82) is 0 Å². The van der Waals surface area contributed by atoms with Gasteiger partial charge in [-0.1, -0.05) is 61.8 Å². The van der Waals surface area contributed by atoms with Crippen molar-refractivity contribution in [1.82, 2.24) is 15.1 Å². The Hall–Kier alpha value is -3.36. The monoisotopic (exact) mass is 499 g/mol. The van der Waals surface area contributed by atoms with Crippen LogP contribution in [0.4, 0.5) is 0 Å². The quantitative estimate of drug-likeness (QED) is 0.376. The number of benzene rings is 2. The highest BCUT2D eigenvalue weighted by molar-refractivity contribution is 6.32.